The SMILES string of the molecule is Nc1ccc(C2CCN(CC3COC4(CCN(c5ccccc5)CC4)C3)CC2)c(F)c1.O=C1CCCC(=O)N1.Oc1ccc2c(c1)OC[C@@H](c1ccccc1)C2. The Morgan fingerprint density at radius 1 is 0.821 bits per heavy atom. The summed E-state index contributed by atoms with van der Waals surface area (Å²) >= 11 is 0. The topological polar surface area (TPSA) is 117 Å². The highest BCUT2D eigenvalue weighted by Crippen LogP contribution is 2.41. The zero-order chi connectivity index (χ0) is 38.9. The third-order valence-corrected chi connectivity index (χ3v) is 12.0. The molecule has 4 saturated heterocycles. The first-order chi connectivity index (χ1) is 27.2. The van der Waals surface area contributed by atoms with Crippen molar-refractivity contribution in [1.82, 2.24) is 10.2 Å². The maximum atomic E-state index is 14.3. The third-order valence-electron chi connectivity index (χ3n) is 12.0. The molecule has 5 aliphatic heterocycles. The van der Waals surface area contributed by atoms with Crippen molar-refractivity contribution in [2.75, 3.05) is 56.6 Å². The second-order valence-corrected chi connectivity index (χ2v) is 16.0. The molecule has 0 radical (unpaired) electrons. The number of carbonyl (C=O) groups is 2. The summed E-state index contributed by atoms with van der Waals surface area (Å²) in [5.74, 6) is 2.00. The molecule has 10 heteroatoms. The van der Waals surface area contributed by atoms with Crippen LogP contribution in [0.5, 0.6) is 11.5 Å². The Hall–Kier alpha value is -4.93. The highest BCUT2D eigenvalue weighted by atomic mass is 19.1. The van der Waals surface area contributed by atoms with Gasteiger partial charge in [0.1, 0.15) is 17.3 Å². The summed E-state index contributed by atoms with van der Waals surface area (Å²) in [6.07, 6.45) is 8.16. The van der Waals surface area contributed by atoms with Crippen LogP contribution in [0, 0.1) is 11.7 Å². The molecule has 9 nitrogen and oxygen atoms in total. The summed E-state index contributed by atoms with van der Waals surface area (Å²) in [6, 6.07) is 31.7. The molecule has 2 atom stereocenters. The summed E-state index contributed by atoms with van der Waals surface area (Å²) in [5, 5.41) is 11.6. The number of hydrogen-bond donors (Lipinski definition) is 3. The molecular formula is C46H55FN4O5. The average molecular weight is 763 g/mol. The quantitative estimate of drug-likeness (QED) is 0.141. The zero-order valence-electron chi connectivity index (χ0n) is 32.2. The summed E-state index contributed by atoms with van der Waals surface area (Å²) in [7, 11) is 0. The highest BCUT2D eigenvalue weighted by molar-refractivity contribution is 5.97. The fourth-order valence-electron chi connectivity index (χ4n) is 8.87. The Morgan fingerprint density at radius 3 is 2.18 bits per heavy atom. The molecule has 4 aromatic rings. The van der Waals surface area contributed by atoms with Crippen molar-refractivity contribution in [3.8, 4) is 11.5 Å². The van der Waals surface area contributed by atoms with Crippen molar-refractivity contribution >= 4 is 23.2 Å². The number of hydrogen-bond acceptors (Lipinski definition) is 8. The second-order valence-electron chi connectivity index (χ2n) is 16.0. The van der Waals surface area contributed by atoms with Gasteiger partial charge in [0, 0.05) is 55.8 Å². The molecule has 56 heavy (non-hydrogen) atoms. The van der Waals surface area contributed by atoms with Crippen LogP contribution >= 0.6 is 0 Å². The van der Waals surface area contributed by atoms with E-state index in [-0.39, 0.29) is 29.0 Å². The highest BCUT2D eigenvalue weighted by Gasteiger charge is 2.43. The van der Waals surface area contributed by atoms with Crippen LogP contribution in [0.4, 0.5) is 15.8 Å². The minimum Gasteiger partial charge on any atom is -0.508 e. The van der Waals surface area contributed by atoms with E-state index < -0.39 is 0 Å². The summed E-state index contributed by atoms with van der Waals surface area (Å²) in [5.41, 5.74) is 10.9. The van der Waals surface area contributed by atoms with Gasteiger partial charge in [-0.15, -0.1) is 0 Å². The van der Waals surface area contributed by atoms with Crippen LogP contribution in [0.3, 0.4) is 0 Å². The predicted molar refractivity (Wildman–Crippen MR) is 217 cm³/mol. The van der Waals surface area contributed by atoms with Crippen LogP contribution in [0.25, 0.3) is 0 Å². The van der Waals surface area contributed by atoms with E-state index in [0.29, 0.717) is 49.3 Å². The van der Waals surface area contributed by atoms with Crippen LogP contribution in [-0.4, -0.2) is 73.4 Å². The van der Waals surface area contributed by atoms with E-state index in [1.54, 1.807) is 12.1 Å². The first-order valence-corrected chi connectivity index (χ1v) is 20.3. The van der Waals surface area contributed by atoms with Gasteiger partial charge in [-0.3, -0.25) is 14.9 Å². The van der Waals surface area contributed by atoms with Gasteiger partial charge in [0.2, 0.25) is 11.8 Å². The lowest BCUT2D eigenvalue weighted by Crippen LogP contribution is -2.44. The lowest BCUT2D eigenvalue weighted by Gasteiger charge is -2.40. The predicted octanol–water partition coefficient (Wildman–Crippen LogP) is 7.59. The molecule has 2 amide bonds. The lowest BCUT2D eigenvalue weighted by molar-refractivity contribution is -0.132. The van der Waals surface area contributed by atoms with Gasteiger partial charge in [-0.25, -0.2) is 4.39 Å². The van der Waals surface area contributed by atoms with Crippen molar-refractivity contribution < 1.29 is 28.6 Å². The number of nitrogens with one attached hydrogen (secondary N) is 1. The molecule has 5 aliphatic rings. The van der Waals surface area contributed by atoms with Crippen molar-refractivity contribution in [3.63, 3.8) is 0 Å². The van der Waals surface area contributed by atoms with E-state index in [1.165, 1.54) is 29.3 Å². The van der Waals surface area contributed by atoms with Crippen molar-refractivity contribution in [2.24, 2.45) is 5.92 Å². The number of ether oxygens (including phenoxy) is 2. The number of carbonyl (C=O) groups excluding carboxylic acids is 2. The van der Waals surface area contributed by atoms with Crippen molar-refractivity contribution in [2.45, 2.75) is 75.2 Å². The second kappa shape index (κ2) is 18.3. The number of nitrogen functional groups attached to an aromatic ring is 1. The first-order valence-electron chi connectivity index (χ1n) is 20.3. The van der Waals surface area contributed by atoms with Crippen LogP contribution in [-0.2, 0) is 20.7 Å². The molecule has 0 saturated carbocycles. The van der Waals surface area contributed by atoms with E-state index in [4.69, 9.17) is 15.2 Å². The van der Waals surface area contributed by atoms with Gasteiger partial charge in [-0.1, -0.05) is 60.7 Å². The van der Waals surface area contributed by atoms with Crippen molar-refractivity contribution in [1.29, 1.82) is 0 Å². The number of anilines is 2. The number of imide groups is 1. The molecule has 9 rings (SSSR count). The molecule has 0 aliphatic carbocycles. The molecule has 4 N–H and O–H groups in total. The fraction of sp³-hybridized carbons (Fsp3) is 0.435. The van der Waals surface area contributed by atoms with Crippen molar-refractivity contribution in [3.05, 3.63) is 120 Å². The number of fused-ring (bicyclic) bond motifs is 1. The molecule has 1 spiro atoms. The van der Waals surface area contributed by atoms with Crippen LogP contribution in [0.2, 0.25) is 0 Å². The number of amides is 2. The Balaban J connectivity index is 0.000000159. The van der Waals surface area contributed by atoms with Crippen LogP contribution < -0.4 is 20.7 Å². The summed E-state index contributed by atoms with van der Waals surface area (Å²) < 4.78 is 26.4. The van der Waals surface area contributed by atoms with E-state index in [0.717, 1.165) is 82.7 Å². The standard InChI is InChI=1S/C26H34FN3O.C15H14O2.C5H7NO2/c27-25-16-22(28)6-7-24(25)21-8-12-29(13-9-21)18-20-17-26(31-19-20)10-14-30(15-11-26)23-4-2-1-3-5-23;16-14-7-6-12-8-13(10-17-15(12)9-14)11-4-2-1-3-5-11;7-4-2-1-3-5(8)6-4/h1-7,16,20-21H,8-15,17-19,28H2;1-7,9,13,16H,8,10H2;1-3H2,(H,6,7,8)/t;13-;/m.0./s1. The molecule has 4 aromatic carbocycles. The van der Waals surface area contributed by atoms with E-state index in [9.17, 15) is 19.1 Å². The van der Waals surface area contributed by atoms with Gasteiger partial charge >= 0.3 is 0 Å². The number of halogens is 1. The number of para-hydroxylation sites is 1. The number of benzene rings is 4. The Bertz CT molecular complexity index is 1900. The maximum Gasteiger partial charge on any atom is 0.226 e. The van der Waals surface area contributed by atoms with Gasteiger partial charge < -0.3 is 30.1 Å². The Morgan fingerprint density at radius 2 is 1.52 bits per heavy atom. The largest absolute Gasteiger partial charge is 0.508 e. The van der Waals surface area contributed by atoms with E-state index >= 15 is 0 Å². The molecule has 4 fully saturated rings. The molecule has 296 valence electrons. The van der Waals surface area contributed by atoms with Gasteiger partial charge in [0.25, 0.3) is 0 Å². The minimum atomic E-state index is -0.147. The summed E-state index contributed by atoms with van der Waals surface area (Å²) in [4.78, 5) is 25.7. The summed E-state index contributed by atoms with van der Waals surface area (Å²) in [6.45, 7) is 6.92. The molecule has 0 bridgehead atoms. The van der Waals surface area contributed by atoms with Gasteiger partial charge in [-0.05, 0) is 117 Å². The number of nitrogens with zero attached hydrogens (tertiary/aromatic N) is 2. The molecule has 1 unspecified atom stereocenters. The normalized spacial score (nSPS) is 22.1. The number of likely N-dealkylation sites (tertiary alicyclic amines) is 1. The monoisotopic (exact) mass is 762 g/mol. The van der Waals surface area contributed by atoms with Gasteiger partial charge in [0.05, 0.1) is 18.8 Å². The number of nitrogens with two attached hydrogens (primary N) is 1. The Kier molecular flexibility index (Phi) is 12.9. The number of aromatic hydroxyl groups is 1. The number of phenolic OH excluding ortho intramolecular Hbond substituents is 1. The molecule has 5 heterocycles. The Labute approximate surface area is 330 Å². The van der Waals surface area contributed by atoms with Gasteiger partial charge in [0.15, 0.2) is 0 Å². The van der Waals surface area contributed by atoms with E-state index in [1.807, 2.05) is 24.3 Å². The molecular weight excluding hydrogens is 708 g/mol. The average Bonchev–Trinajstić information content (AvgIpc) is 3.60. The fourth-order valence-corrected chi connectivity index (χ4v) is 8.87. The molecule has 0 aromatic heterocycles. The minimum absolute atomic E-state index is 0.0847. The smallest absolute Gasteiger partial charge is 0.226 e. The number of phenols is 1. The van der Waals surface area contributed by atoms with Crippen LogP contribution in [0.1, 0.15) is 79.9 Å². The zero-order valence-corrected chi connectivity index (χ0v) is 32.2. The third kappa shape index (κ3) is 10.3. The van der Waals surface area contributed by atoms with E-state index in [2.05, 4.69) is 69.7 Å². The maximum absolute atomic E-state index is 14.3. The first kappa shape index (κ1) is 39.3. The van der Waals surface area contributed by atoms with Gasteiger partial charge in [-0.2, -0.15) is 0 Å². The lowest BCUT2D eigenvalue weighted by atomic mass is 9.84. The van der Waals surface area contributed by atoms with Crippen LogP contribution in [0.15, 0.2) is 97.1 Å². The number of rotatable bonds is 5. The number of piperidine rings is 3.